The summed E-state index contributed by atoms with van der Waals surface area (Å²) in [6, 6.07) is 9.47. The van der Waals surface area contributed by atoms with E-state index in [-0.39, 0.29) is 48.4 Å². The zero-order chi connectivity index (χ0) is 23.1. The molecule has 9 nitrogen and oxygen atoms in total. The first-order valence-electron chi connectivity index (χ1n) is 10.00. The number of rotatable bonds is 5. The average molecular weight is 483 g/mol. The molecule has 32 heavy (non-hydrogen) atoms. The van der Waals surface area contributed by atoms with Crippen LogP contribution in [0.1, 0.15) is 5.56 Å². The summed E-state index contributed by atoms with van der Waals surface area (Å²) >= 11 is 0. The van der Waals surface area contributed by atoms with Gasteiger partial charge in [-0.05, 0) is 48.4 Å². The number of anilines is 1. The van der Waals surface area contributed by atoms with E-state index in [9.17, 15) is 26.0 Å². The first-order chi connectivity index (χ1) is 15.1. The van der Waals surface area contributed by atoms with E-state index in [1.165, 1.54) is 34.6 Å². The van der Waals surface area contributed by atoms with Gasteiger partial charge in [0.15, 0.2) is 0 Å². The molecule has 1 fully saturated rings. The molecule has 0 saturated carbocycles. The van der Waals surface area contributed by atoms with Crippen molar-refractivity contribution in [1.82, 2.24) is 9.21 Å². The Morgan fingerprint density at radius 1 is 0.938 bits per heavy atom. The molecule has 0 spiro atoms. The lowest BCUT2D eigenvalue weighted by atomic mass is 10.2. The van der Waals surface area contributed by atoms with Crippen molar-refractivity contribution in [3.8, 4) is 0 Å². The highest BCUT2D eigenvalue weighted by Gasteiger charge is 2.31. The third-order valence-electron chi connectivity index (χ3n) is 5.72. The smallest absolute Gasteiger partial charge is 0.243 e. The maximum Gasteiger partial charge on any atom is 0.243 e. The second-order valence-corrected chi connectivity index (χ2v) is 11.2. The largest absolute Gasteiger partial charge is 0.362 e. The molecule has 4 rings (SSSR count). The van der Waals surface area contributed by atoms with E-state index < -0.39 is 25.9 Å². The van der Waals surface area contributed by atoms with Crippen LogP contribution in [-0.2, 0) is 31.3 Å². The molecule has 1 amide bonds. The molecule has 0 aliphatic carbocycles. The maximum atomic E-state index is 13.4. The molecule has 12 heteroatoms. The summed E-state index contributed by atoms with van der Waals surface area (Å²) < 4.78 is 63.2. The number of primary sulfonamides is 1. The van der Waals surface area contributed by atoms with Crippen molar-refractivity contribution in [1.29, 1.82) is 0 Å². The van der Waals surface area contributed by atoms with E-state index in [1.807, 2.05) is 4.90 Å². The Morgan fingerprint density at radius 3 is 2.31 bits per heavy atom. The lowest BCUT2D eigenvalue weighted by Crippen LogP contribution is -2.52. The Kier molecular flexibility index (Phi) is 5.96. The number of carbonyl (C=O) groups is 1. The number of halogens is 1. The Hall–Kier alpha value is -2.54. The topological polar surface area (TPSA) is 121 Å². The number of sulfonamides is 2. The summed E-state index contributed by atoms with van der Waals surface area (Å²) in [5.41, 5.74) is 1.60. The van der Waals surface area contributed by atoms with Crippen molar-refractivity contribution < 1.29 is 26.0 Å². The van der Waals surface area contributed by atoms with Gasteiger partial charge in [-0.2, -0.15) is 4.31 Å². The summed E-state index contributed by atoms with van der Waals surface area (Å²) in [5, 5.41) is 5.18. The molecule has 2 aromatic carbocycles. The van der Waals surface area contributed by atoms with Crippen LogP contribution in [0.4, 0.5) is 10.1 Å². The van der Waals surface area contributed by atoms with Crippen LogP contribution in [-0.4, -0.2) is 71.2 Å². The molecule has 0 atom stereocenters. The van der Waals surface area contributed by atoms with Gasteiger partial charge in [0, 0.05) is 38.4 Å². The summed E-state index contributed by atoms with van der Waals surface area (Å²) in [4.78, 5) is 16.2. The van der Waals surface area contributed by atoms with Gasteiger partial charge in [-0.3, -0.25) is 4.79 Å². The summed E-state index contributed by atoms with van der Waals surface area (Å²) in [5.74, 6) is -0.766. The number of hydrogen-bond acceptors (Lipinski definition) is 6. The zero-order valence-electron chi connectivity index (χ0n) is 17.1. The van der Waals surface area contributed by atoms with E-state index in [2.05, 4.69) is 0 Å². The van der Waals surface area contributed by atoms with Crippen LogP contribution in [0.2, 0.25) is 0 Å². The summed E-state index contributed by atoms with van der Waals surface area (Å²) in [7, 11) is -7.62. The van der Waals surface area contributed by atoms with Gasteiger partial charge in [0.1, 0.15) is 5.82 Å². The van der Waals surface area contributed by atoms with Crippen LogP contribution >= 0.6 is 0 Å². The summed E-state index contributed by atoms with van der Waals surface area (Å²) in [6.07, 6.45) is 0.603. The van der Waals surface area contributed by atoms with Crippen molar-refractivity contribution in [2.24, 2.45) is 5.14 Å². The summed E-state index contributed by atoms with van der Waals surface area (Å²) in [6.45, 7) is 1.40. The van der Waals surface area contributed by atoms with Crippen LogP contribution < -0.4 is 10.0 Å². The highest BCUT2D eigenvalue weighted by molar-refractivity contribution is 7.89. The third kappa shape index (κ3) is 4.49. The molecule has 2 aromatic rings. The number of fused-ring (bicyclic) bond motifs is 1. The average Bonchev–Trinajstić information content (AvgIpc) is 3.15. The van der Waals surface area contributed by atoms with Gasteiger partial charge in [0.2, 0.25) is 26.0 Å². The van der Waals surface area contributed by atoms with Gasteiger partial charge in [0.25, 0.3) is 0 Å². The Morgan fingerprint density at radius 2 is 1.66 bits per heavy atom. The van der Waals surface area contributed by atoms with Crippen LogP contribution in [0.5, 0.6) is 0 Å². The number of carbonyl (C=O) groups excluding carboxylic acids is 1. The standard InChI is InChI=1S/C20H23FN4O5S2/c21-16-2-1-3-18(13-16)32(29,30)25-10-8-23(9-11-25)20(26)14-24-7-6-15-12-17(31(22,27)28)4-5-19(15)24/h1-5,12-13H,6-11,14H2,(H2,22,27,28). The molecule has 0 unspecified atom stereocenters. The lowest BCUT2D eigenvalue weighted by Gasteiger charge is -2.35. The number of piperazine rings is 1. The number of nitrogens with zero attached hydrogens (tertiary/aromatic N) is 3. The second kappa shape index (κ2) is 8.43. The van der Waals surface area contributed by atoms with Crippen LogP contribution in [0.3, 0.4) is 0 Å². The molecule has 0 bridgehead atoms. The quantitative estimate of drug-likeness (QED) is 0.657. The fourth-order valence-corrected chi connectivity index (χ4v) is 6.02. The van der Waals surface area contributed by atoms with E-state index in [1.54, 1.807) is 11.0 Å². The molecule has 1 saturated heterocycles. The molecule has 172 valence electrons. The number of nitrogens with two attached hydrogens (primary N) is 1. The van der Waals surface area contributed by atoms with E-state index >= 15 is 0 Å². The minimum Gasteiger partial charge on any atom is -0.362 e. The molecule has 2 aliphatic rings. The zero-order valence-corrected chi connectivity index (χ0v) is 18.8. The number of hydrogen-bond donors (Lipinski definition) is 1. The van der Waals surface area contributed by atoms with Crippen molar-refractivity contribution in [2.75, 3.05) is 44.2 Å². The van der Waals surface area contributed by atoms with Gasteiger partial charge in [-0.25, -0.2) is 26.4 Å². The van der Waals surface area contributed by atoms with Gasteiger partial charge in [-0.1, -0.05) is 6.07 Å². The Balaban J connectivity index is 1.38. The van der Waals surface area contributed by atoms with Crippen molar-refractivity contribution in [2.45, 2.75) is 16.2 Å². The number of benzene rings is 2. The van der Waals surface area contributed by atoms with Crippen LogP contribution in [0.15, 0.2) is 52.3 Å². The van der Waals surface area contributed by atoms with Crippen LogP contribution in [0.25, 0.3) is 0 Å². The van der Waals surface area contributed by atoms with Gasteiger partial charge in [-0.15, -0.1) is 0 Å². The maximum absolute atomic E-state index is 13.4. The van der Waals surface area contributed by atoms with Gasteiger partial charge >= 0.3 is 0 Å². The van der Waals surface area contributed by atoms with Crippen molar-refractivity contribution in [3.63, 3.8) is 0 Å². The molecule has 2 aliphatic heterocycles. The first-order valence-corrected chi connectivity index (χ1v) is 13.0. The van der Waals surface area contributed by atoms with Gasteiger partial charge < -0.3 is 9.80 Å². The minimum atomic E-state index is -3.83. The Bertz CT molecular complexity index is 1260. The first kappa shape index (κ1) is 22.6. The van der Waals surface area contributed by atoms with E-state index in [0.717, 1.165) is 17.3 Å². The van der Waals surface area contributed by atoms with E-state index in [4.69, 9.17) is 5.14 Å². The third-order valence-corrected chi connectivity index (χ3v) is 8.53. The van der Waals surface area contributed by atoms with Crippen molar-refractivity contribution in [3.05, 3.63) is 53.8 Å². The minimum absolute atomic E-state index is 0.0417. The molecule has 0 aromatic heterocycles. The normalized spacial score (nSPS) is 17.4. The number of amides is 1. The fraction of sp³-hybridized carbons (Fsp3) is 0.350. The fourth-order valence-electron chi connectivity index (χ4n) is 4.01. The van der Waals surface area contributed by atoms with Crippen LogP contribution in [0, 0.1) is 5.82 Å². The predicted molar refractivity (Wildman–Crippen MR) is 115 cm³/mol. The second-order valence-electron chi connectivity index (χ2n) is 7.75. The Labute approximate surface area is 186 Å². The molecule has 2 heterocycles. The highest BCUT2D eigenvalue weighted by Crippen LogP contribution is 2.30. The molecular weight excluding hydrogens is 459 g/mol. The monoisotopic (exact) mass is 482 g/mol. The molecule has 2 N–H and O–H groups in total. The van der Waals surface area contributed by atoms with E-state index in [0.29, 0.717) is 13.0 Å². The van der Waals surface area contributed by atoms with Crippen molar-refractivity contribution >= 4 is 31.6 Å². The van der Waals surface area contributed by atoms with Gasteiger partial charge in [0.05, 0.1) is 16.3 Å². The highest BCUT2D eigenvalue weighted by atomic mass is 32.2. The predicted octanol–water partition coefficient (Wildman–Crippen LogP) is 0.369. The lowest BCUT2D eigenvalue weighted by molar-refractivity contribution is -0.130. The molecule has 0 radical (unpaired) electrons. The SMILES string of the molecule is NS(=O)(=O)c1ccc2c(c1)CCN2CC(=O)N1CCN(S(=O)(=O)c2cccc(F)c2)CC1. The molecular formula is C20H23FN4O5S2.